The lowest BCUT2D eigenvalue weighted by Gasteiger charge is -2.00. The van der Waals surface area contributed by atoms with Gasteiger partial charge in [0.2, 0.25) is 0 Å². The molecule has 0 aliphatic heterocycles. The first-order valence-corrected chi connectivity index (χ1v) is 4.08. The smallest absolute Gasteiger partial charge is 0.251 e. The Hall–Kier alpha value is -0.280. The van der Waals surface area contributed by atoms with E-state index in [1.54, 1.807) is 0 Å². The predicted octanol–water partition coefficient (Wildman–Crippen LogP) is 3.76. The molecule has 12 heavy (non-hydrogen) atoms. The van der Waals surface area contributed by atoms with Crippen LogP contribution >= 0.6 is 0 Å². The first kappa shape index (κ1) is 14.3. The zero-order valence-electron chi connectivity index (χ0n) is 7.49. The number of halogens is 4. The second-order valence-corrected chi connectivity index (χ2v) is 2.33. The monoisotopic (exact) mass is 188 g/mol. The van der Waals surface area contributed by atoms with E-state index < -0.39 is 25.7 Å². The quantitative estimate of drug-likeness (QED) is 0.589. The minimum absolute atomic E-state index is 0.697. The van der Waals surface area contributed by atoms with Crippen LogP contribution in [0.25, 0.3) is 0 Å². The first-order valence-electron chi connectivity index (χ1n) is 4.08. The molecule has 76 valence electrons. The molecule has 0 rings (SSSR count). The minimum Gasteiger partial charge on any atom is -0.251 e. The highest BCUT2D eigenvalue weighted by atomic mass is 19.3. The van der Waals surface area contributed by atoms with Gasteiger partial charge in [0, 0.05) is 6.42 Å². The van der Waals surface area contributed by atoms with Crippen molar-refractivity contribution in [1.29, 1.82) is 0 Å². The molecular weight excluding hydrogens is 172 g/mol. The third kappa shape index (κ3) is 12.4. The van der Waals surface area contributed by atoms with Gasteiger partial charge in [0.25, 0.3) is 6.43 Å². The molecule has 0 nitrogen and oxygen atoms in total. The summed E-state index contributed by atoms with van der Waals surface area (Å²) in [4.78, 5) is 0. The second kappa shape index (κ2) is 10.7. The topological polar surface area (TPSA) is 0 Å². The lowest BCUT2D eigenvalue weighted by Crippen LogP contribution is -2.11. The molecule has 0 aromatic carbocycles. The molecule has 0 aliphatic carbocycles. The van der Waals surface area contributed by atoms with Gasteiger partial charge in [-0.1, -0.05) is 26.7 Å². The molecular formula is C8H16F4. The van der Waals surface area contributed by atoms with E-state index >= 15 is 0 Å². The summed E-state index contributed by atoms with van der Waals surface area (Å²) in [6.07, 6.45) is -3.39. The third-order valence-corrected chi connectivity index (χ3v) is 1.16. The second-order valence-electron chi connectivity index (χ2n) is 2.33. The number of rotatable bonds is 4. The van der Waals surface area contributed by atoms with E-state index in [4.69, 9.17) is 0 Å². The molecule has 0 fully saturated rings. The zero-order valence-corrected chi connectivity index (χ0v) is 7.49. The normalized spacial score (nSPS) is 12.2. The van der Waals surface area contributed by atoms with Crippen LogP contribution < -0.4 is 0 Å². The van der Waals surface area contributed by atoms with Gasteiger partial charge < -0.3 is 0 Å². The largest absolute Gasteiger partial charge is 0.269 e. The maximum atomic E-state index is 11.5. The van der Waals surface area contributed by atoms with Gasteiger partial charge in [0.15, 0.2) is 6.17 Å². The zero-order chi connectivity index (χ0) is 9.98. The van der Waals surface area contributed by atoms with Crippen LogP contribution in [-0.4, -0.2) is 19.3 Å². The van der Waals surface area contributed by atoms with Crippen molar-refractivity contribution in [2.45, 2.75) is 45.7 Å². The maximum absolute atomic E-state index is 11.5. The van der Waals surface area contributed by atoms with E-state index in [0.29, 0.717) is 0 Å². The van der Waals surface area contributed by atoms with Crippen LogP contribution in [0.15, 0.2) is 0 Å². The molecule has 0 aromatic rings. The Bertz CT molecular complexity index is 73.5. The van der Waals surface area contributed by atoms with Gasteiger partial charge >= 0.3 is 0 Å². The van der Waals surface area contributed by atoms with Crippen molar-refractivity contribution in [3.05, 3.63) is 0 Å². The molecule has 0 amide bonds. The Morgan fingerprint density at radius 2 is 1.42 bits per heavy atom. The van der Waals surface area contributed by atoms with Crippen LogP contribution in [0.2, 0.25) is 0 Å². The summed E-state index contributed by atoms with van der Waals surface area (Å²) in [6, 6.07) is 0. The Kier molecular flexibility index (Phi) is 12.7. The van der Waals surface area contributed by atoms with Gasteiger partial charge in [-0.05, 0) is 0 Å². The highest BCUT2D eigenvalue weighted by Crippen LogP contribution is 2.08. The molecule has 0 radical (unpaired) electrons. The molecule has 0 heterocycles. The number of hydrogen-bond donors (Lipinski definition) is 0. The molecule has 0 saturated carbocycles. The standard InChI is InChI=1S/C4H6F4.C4H10/c5-2-1-3(6)4(7)8;1-3-4-2/h3-4H,1-2H2;3-4H2,1-2H3. The summed E-state index contributed by atoms with van der Waals surface area (Å²) in [6.45, 7) is 3.34. The van der Waals surface area contributed by atoms with Crippen molar-refractivity contribution in [3.8, 4) is 0 Å². The number of alkyl halides is 4. The predicted molar refractivity (Wildman–Crippen MR) is 42.1 cm³/mol. The van der Waals surface area contributed by atoms with Crippen molar-refractivity contribution in [1.82, 2.24) is 0 Å². The van der Waals surface area contributed by atoms with Crippen LogP contribution in [0.4, 0.5) is 17.6 Å². The summed E-state index contributed by atoms with van der Waals surface area (Å²) in [7, 11) is 0. The highest BCUT2D eigenvalue weighted by Gasteiger charge is 2.17. The lowest BCUT2D eigenvalue weighted by molar-refractivity contribution is 0.0418. The van der Waals surface area contributed by atoms with Gasteiger partial charge in [-0.15, -0.1) is 0 Å². The molecule has 4 heteroatoms. The van der Waals surface area contributed by atoms with E-state index in [2.05, 4.69) is 13.8 Å². The average molecular weight is 188 g/mol. The molecule has 0 saturated heterocycles. The van der Waals surface area contributed by atoms with Gasteiger partial charge in [0.05, 0.1) is 6.67 Å². The van der Waals surface area contributed by atoms with Crippen LogP contribution in [0.1, 0.15) is 33.1 Å². The van der Waals surface area contributed by atoms with Crippen molar-refractivity contribution < 1.29 is 17.6 Å². The van der Waals surface area contributed by atoms with E-state index in [-0.39, 0.29) is 0 Å². The summed E-state index contributed by atoms with van der Waals surface area (Å²) in [5.41, 5.74) is 0. The Morgan fingerprint density at radius 1 is 1.00 bits per heavy atom. The summed E-state index contributed by atoms with van der Waals surface area (Å²) in [5.74, 6) is 0. The molecule has 0 aliphatic rings. The van der Waals surface area contributed by atoms with E-state index in [1.807, 2.05) is 0 Å². The molecule has 1 unspecified atom stereocenters. The summed E-state index contributed by atoms with van der Waals surface area (Å²) < 4.78 is 44.7. The van der Waals surface area contributed by atoms with E-state index in [1.165, 1.54) is 12.8 Å². The fourth-order valence-electron chi connectivity index (χ4n) is 0.230. The molecule has 0 bridgehead atoms. The Morgan fingerprint density at radius 3 is 1.50 bits per heavy atom. The van der Waals surface area contributed by atoms with Crippen molar-refractivity contribution in [2.75, 3.05) is 6.67 Å². The fraction of sp³-hybridized carbons (Fsp3) is 1.00. The van der Waals surface area contributed by atoms with Crippen LogP contribution in [0, 0.1) is 0 Å². The Balaban J connectivity index is 0. The van der Waals surface area contributed by atoms with E-state index in [9.17, 15) is 17.6 Å². The molecule has 0 aromatic heterocycles. The molecule has 1 atom stereocenters. The molecule has 0 N–H and O–H groups in total. The van der Waals surface area contributed by atoms with Gasteiger partial charge in [-0.3, -0.25) is 4.39 Å². The van der Waals surface area contributed by atoms with Crippen LogP contribution in [-0.2, 0) is 0 Å². The first-order chi connectivity index (χ1) is 5.59. The van der Waals surface area contributed by atoms with Crippen LogP contribution in [0.3, 0.4) is 0 Å². The lowest BCUT2D eigenvalue weighted by atomic mass is 10.3. The van der Waals surface area contributed by atoms with Gasteiger partial charge in [-0.2, -0.15) is 0 Å². The molecule has 0 spiro atoms. The van der Waals surface area contributed by atoms with Gasteiger partial charge in [-0.25, -0.2) is 13.2 Å². The van der Waals surface area contributed by atoms with E-state index in [0.717, 1.165) is 0 Å². The third-order valence-electron chi connectivity index (χ3n) is 1.16. The SMILES string of the molecule is CCCC.FCCC(F)C(F)F. The highest BCUT2D eigenvalue weighted by molar-refractivity contribution is 4.55. The van der Waals surface area contributed by atoms with Crippen LogP contribution in [0.5, 0.6) is 0 Å². The number of unbranched alkanes of at least 4 members (excludes halogenated alkanes) is 1. The number of hydrogen-bond acceptors (Lipinski definition) is 0. The van der Waals surface area contributed by atoms with Crippen molar-refractivity contribution >= 4 is 0 Å². The fourth-order valence-corrected chi connectivity index (χ4v) is 0.230. The van der Waals surface area contributed by atoms with Gasteiger partial charge in [0.1, 0.15) is 0 Å². The minimum atomic E-state index is -3.04. The maximum Gasteiger partial charge on any atom is 0.269 e. The van der Waals surface area contributed by atoms with Crippen molar-refractivity contribution in [3.63, 3.8) is 0 Å². The Labute approximate surface area is 71.0 Å². The average Bonchev–Trinajstić information content (AvgIpc) is 2.05. The van der Waals surface area contributed by atoms with Crippen molar-refractivity contribution in [2.24, 2.45) is 0 Å². The summed E-state index contributed by atoms with van der Waals surface area (Å²) >= 11 is 0. The summed E-state index contributed by atoms with van der Waals surface area (Å²) in [5, 5.41) is 0.